The fourth-order valence-corrected chi connectivity index (χ4v) is 2.46. The Labute approximate surface area is 122 Å². The van der Waals surface area contributed by atoms with Gasteiger partial charge in [-0.3, -0.25) is 4.68 Å². The van der Waals surface area contributed by atoms with Gasteiger partial charge in [0.2, 0.25) is 0 Å². The van der Waals surface area contributed by atoms with Gasteiger partial charge in [0.05, 0.1) is 6.54 Å². The molecule has 0 N–H and O–H groups in total. The lowest BCUT2D eigenvalue weighted by Crippen LogP contribution is -2.15. The van der Waals surface area contributed by atoms with E-state index in [-0.39, 0.29) is 5.97 Å². The van der Waals surface area contributed by atoms with E-state index < -0.39 is 0 Å². The van der Waals surface area contributed by atoms with Crippen LogP contribution in [0.2, 0.25) is 0 Å². The molecule has 0 atom stereocenters. The maximum Gasteiger partial charge on any atom is 0.355 e. The summed E-state index contributed by atoms with van der Waals surface area (Å²) in [6.45, 7) is 3.63. The number of aromatic nitrogens is 3. The average molecular weight is 283 g/mol. The van der Waals surface area contributed by atoms with Crippen LogP contribution in [0.25, 0.3) is 10.9 Å². The minimum atomic E-state index is -0.291. The van der Waals surface area contributed by atoms with Gasteiger partial charge in [-0.15, -0.1) is 0 Å². The summed E-state index contributed by atoms with van der Waals surface area (Å²) < 4.78 is 9.07. The number of aryl methyl sites for hydroxylation is 1. The summed E-state index contributed by atoms with van der Waals surface area (Å²) in [7, 11) is 0. The van der Waals surface area contributed by atoms with Gasteiger partial charge in [0.15, 0.2) is 0 Å². The van der Waals surface area contributed by atoms with Crippen LogP contribution in [-0.2, 0) is 17.8 Å². The Morgan fingerprint density at radius 3 is 2.90 bits per heavy atom. The van der Waals surface area contributed by atoms with Gasteiger partial charge in [0.1, 0.15) is 12.3 Å². The number of nitrogens with zero attached hydrogens (tertiary/aromatic N) is 3. The molecule has 2 aromatic heterocycles. The van der Waals surface area contributed by atoms with E-state index in [1.54, 1.807) is 10.9 Å². The predicted octanol–water partition coefficient (Wildman–Crippen LogP) is 2.71. The van der Waals surface area contributed by atoms with Crippen molar-refractivity contribution in [1.29, 1.82) is 0 Å². The molecule has 0 aliphatic carbocycles. The van der Waals surface area contributed by atoms with Gasteiger partial charge in [0, 0.05) is 29.8 Å². The van der Waals surface area contributed by atoms with Crippen LogP contribution in [0.4, 0.5) is 0 Å². The Kier molecular flexibility index (Phi) is 3.73. The number of ether oxygens (including phenoxy) is 1. The maximum atomic E-state index is 12.2. The molecule has 0 radical (unpaired) electrons. The van der Waals surface area contributed by atoms with Crippen molar-refractivity contribution in [2.24, 2.45) is 0 Å². The zero-order valence-corrected chi connectivity index (χ0v) is 11.9. The fraction of sp³-hybridized carbons (Fsp3) is 0.250. The number of benzene rings is 1. The lowest BCUT2D eigenvalue weighted by molar-refractivity contribution is 0.0476. The maximum absolute atomic E-state index is 12.2. The second-order valence-electron chi connectivity index (χ2n) is 4.74. The highest BCUT2D eigenvalue weighted by Crippen LogP contribution is 2.20. The molecular weight excluding hydrogens is 266 g/mol. The third kappa shape index (κ3) is 2.67. The molecule has 0 saturated carbocycles. The molecule has 2 heterocycles. The van der Waals surface area contributed by atoms with Crippen molar-refractivity contribution in [3.05, 3.63) is 54.5 Å². The standard InChI is InChI=1S/C16H17N3O2/c1-2-19-14-7-4-3-6-13(14)12-15(19)16(20)21-11-10-18-9-5-8-17-18/h3-9,12H,2,10-11H2,1H3. The second kappa shape index (κ2) is 5.83. The summed E-state index contributed by atoms with van der Waals surface area (Å²) in [5, 5.41) is 5.13. The molecule has 5 nitrogen and oxygen atoms in total. The molecule has 21 heavy (non-hydrogen) atoms. The molecule has 5 heteroatoms. The van der Waals surface area contributed by atoms with E-state index in [2.05, 4.69) is 5.10 Å². The van der Waals surface area contributed by atoms with Crippen molar-refractivity contribution in [1.82, 2.24) is 14.3 Å². The van der Waals surface area contributed by atoms with Gasteiger partial charge in [-0.05, 0) is 25.1 Å². The van der Waals surface area contributed by atoms with E-state index >= 15 is 0 Å². The highest BCUT2D eigenvalue weighted by Gasteiger charge is 2.15. The molecular formula is C16H17N3O2. The molecule has 3 rings (SSSR count). The summed E-state index contributed by atoms with van der Waals surface area (Å²) in [5.74, 6) is -0.291. The van der Waals surface area contributed by atoms with Crippen molar-refractivity contribution in [2.45, 2.75) is 20.0 Å². The summed E-state index contributed by atoms with van der Waals surface area (Å²) >= 11 is 0. The molecule has 0 unspecified atom stereocenters. The molecule has 0 aliphatic rings. The number of fused-ring (bicyclic) bond motifs is 1. The molecule has 0 aliphatic heterocycles. The monoisotopic (exact) mass is 283 g/mol. The molecule has 1 aromatic carbocycles. The van der Waals surface area contributed by atoms with E-state index in [9.17, 15) is 4.79 Å². The SMILES string of the molecule is CCn1c(C(=O)OCCn2cccn2)cc2ccccc21. The number of hydrogen-bond donors (Lipinski definition) is 0. The normalized spacial score (nSPS) is 10.9. The topological polar surface area (TPSA) is 49.0 Å². The Hall–Kier alpha value is -2.56. The number of carbonyl (C=O) groups is 1. The average Bonchev–Trinajstić information content (AvgIpc) is 3.13. The summed E-state index contributed by atoms with van der Waals surface area (Å²) in [6.07, 6.45) is 3.55. The molecule has 0 amide bonds. The smallest absolute Gasteiger partial charge is 0.355 e. The first kappa shape index (κ1) is 13.4. The molecule has 108 valence electrons. The van der Waals surface area contributed by atoms with E-state index in [4.69, 9.17) is 4.74 Å². The Balaban J connectivity index is 1.74. The van der Waals surface area contributed by atoms with E-state index in [1.165, 1.54) is 0 Å². The van der Waals surface area contributed by atoms with Crippen molar-refractivity contribution < 1.29 is 9.53 Å². The van der Waals surface area contributed by atoms with Crippen LogP contribution < -0.4 is 0 Å². The largest absolute Gasteiger partial charge is 0.459 e. The van der Waals surface area contributed by atoms with E-state index in [0.717, 1.165) is 17.4 Å². The number of hydrogen-bond acceptors (Lipinski definition) is 3. The number of carbonyl (C=O) groups excluding carboxylic acids is 1. The predicted molar refractivity (Wildman–Crippen MR) is 80.1 cm³/mol. The Morgan fingerprint density at radius 1 is 1.29 bits per heavy atom. The van der Waals surface area contributed by atoms with Gasteiger partial charge in [-0.25, -0.2) is 4.79 Å². The van der Waals surface area contributed by atoms with Crippen molar-refractivity contribution in [2.75, 3.05) is 6.61 Å². The Morgan fingerprint density at radius 2 is 2.14 bits per heavy atom. The number of esters is 1. The van der Waals surface area contributed by atoms with Crippen LogP contribution in [0.3, 0.4) is 0 Å². The first-order valence-corrected chi connectivity index (χ1v) is 7.02. The van der Waals surface area contributed by atoms with Crippen molar-refractivity contribution in [3.8, 4) is 0 Å². The molecule has 0 saturated heterocycles. The number of para-hydroxylation sites is 1. The van der Waals surface area contributed by atoms with Gasteiger partial charge in [-0.1, -0.05) is 18.2 Å². The van der Waals surface area contributed by atoms with Gasteiger partial charge < -0.3 is 9.30 Å². The van der Waals surface area contributed by atoms with Gasteiger partial charge in [-0.2, -0.15) is 5.10 Å². The molecule has 0 bridgehead atoms. The van der Waals surface area contributed by atoms with E-state index in [1.807, 2.05) is 54.1 Å². The zero-order valence-electron chi connectivity index (χ0n) is 11.9. The van der Waals surface area contributed by atoms with Crippen molar-refractivity contribution >= 4 is 16.9 Å². The summed E-state index contributed by atoms with van der Waals surface area (Å²) in [4.78, 5) is 12.2. The van der Waals surface area contributed by atoms with Crippen LogP contribution in [-0.4, -0.2) is 26.9 Å². The van der Waals surface area contributed by atoms with Crippen LogP contribution in [0, 0.1) is 0 Å². The third-order valence-corrected chi connectivity index (χ3v) is 3.45. The van der Waals surface area contributed by atoms with Gasteiger partial charge >= 0.3 is 5.97 Å². The molecule has 3 aromatic rings. The minimum absolute atomic E-state index is 0.291. The minimum Gasteiger partial charge on any atom is -0.459 e. The zero-order chi connectivity index (χ0) is 14.7. The second-order valence-corrected chi connectivity index (χ2v) is 4.74. The lowest BCUT2D eigenvalue weighted by Gasteiger charge is -2.08. The molecule has 0 spiro atoms. The van der Waals surface area contributed by atoms with Crippen LogP contribution in [0.5, 0.6) is 0 Å². The number of rotatable bonds is 5. The van der Waals surface area contributed by atoms with Crippen LogP contribution in [0.15, 0.2) is 48.8 Å². The first-order chi connectivity index (χ1) is 10.3. The van der Waals surface area contributed by atoms with Crippen LogP contribution in [0.1, 0.15) is 17.4 Å². The lowest BCUT2D eigenvalue weighted by atomic mass is 10.2. The highest BCUT2D eigenvalue weighted by atomic mass is 16.5. The highest BCUT2D eigenvalue weighted by molar-refractivity contribution is 5.95. The third-order valence-electron chi connectivity index (χ3n) is 3.45. The first-order valence-electron chi connectivity index (χ1n) is 7.02. The van der Waals surface area contributed by atoms with Crippen molar-refractivity contribution in [3.63, 3.8) is 0 Å². The summed E-state index contributed by atoms with van der Waals surface area (Å²) in [5.41, 5.74) is 1.65. The van der Waals surface area contributed by atoms with Gasteiger partial charge in [0.25, 0.3) is 0 Å². The van der Waals surface area contributed by atoms with E-state index in [0.29, 0.717) is 18.8 Å². The Bertz CT molecular complexity index is 744. The van der Waals surface area contributed by atoms with Crippen LogP contribution >= 0.6 is 0 Å². The summed E-state index contributed by atoms with van der Waals surface area (Å²) in [6, 6.07) is 11.7. The molecule has 0 fully saturated rings. The quantitative estimate of drug-likeness (QED) is 0.676. The fourth-order valence-electron chi connectivity index (χ4n) is 2.46.